The van der Waals surface area contributed by atoms with E-state index >= 15 is 0 Å². The van der Waals surface area contributed by atoms with Gasteiger partial charge in [-0.05, 0) is 23.8 Å². The molecule has 6 nitrogen and oxygen atoms in total. The number of aldehydes is 1. The standard InChI is InChI=1S/C21H19NO5/c1-25-18-10-15(11-19(26-2)21(18)27-3)20(24)16-9-13(6-7-14(16)12-23)17-5-4-8-22-17/h4,6-12H,5H2,1-3H3. The van der Waals surface area contributed by atoms with Crippen LogP contribution in [0, 0.1) is 0 Å². The van der Waals surface area contributed by atoms with Crippen LogP contribution in [0.5, 0.6) is 17.2 Å². The number of methoxy groups -OCH3 is 3. The van der Waals surface area contributed by atoms with Crippen LogP contribution in [-0.2, 0) is 0 Å². The van der Waals surface area contributed by atoms with Crippen molar-refractivity contribution in [3.05, 3.63) is 64.9 Å². The summed E-state index contributed by atoms with van der Waals surface area (Å²) in [6.45, 7) is 0. The lowest BCUT2D eigenvalue weighted by atomic mass is 9.94. The summed E-state index contributed by atoms with van der Waals surface area (Å²) in [6, 6.07) is 8.26. The average Bonchev–Trinajstić information content (AvgIpc) is 3.26. The molecule has 6 heteroatoms. The molecule has 0 bridgehead atoms. The van der Waals surface area contributed by atoms with Gasteiger partial charge in [-0.15, -0.1) is 0 Å². The highest BCUT2D eigenvalue weighted by atomic mass is 16.5. The molecular formula is C21H19NO5. The number of carbonyl (C=O) groups is 2. The number of hydrogen-bond acceptors (Lipinski definition) is 6. The zero-order valence-corrected chi connectivity index (χ0v) is 15.3. The van der Waals surface area contributed by atoms with Crippen LogP contribution >= 0.6 is 0 Å². The van der Waals surface area contributed by atoms with Crippen LogP contribution in [0.2, 0.25) is 0 Å². The van der Waals surface area contributed by atoms with Crippen molar-refractivity contribution in [2.75, 3.05) is 21.3 Å². The molecule has 138 valence electrons. The van der Waals surface area contributed by atoms with Gasteiger partial charge in [-0.25, -0.2) is 0 Å². The topological polar surface area (TPSA) is 74.2 Å². The molecule has 0 spiro atoms. The summed E-state index contributed by atoms with van der Waals surface area (Å²) in [6.07, 6.45) is 5.02. The van der Waals surface area contributed by atoms with E-state index < -0.39 is 0 Å². The molecule has 0 amide bonds. The number of carbonyl (C=O) groups excluding carboxylic acids is 2. The number of rotatable bonds is 7. The van der Waals surface area contributed by atoms with Gasteiger partial charge in [0.2, 0.25) is 5.75 Å². The van der Waals surface area contributed by atoms with E-state index in [1.807, 2.05) is 6.08 Å². The molecule has 27 heavy (non-hydrogen) atoms. The van der Waals surface area contributed by atoms with Crippen LogP contribution in [0.1, 0.15) is 38.3 Å². The van der Waals surface area contributed by atoms with Crippen LogP contribution < -0.4 is 14.2 Å². The molecule has 0 aliphatic carbocycles. The quantitative estimate of drug-likeness (QED) is 0.555. The second-order valence-electron chi connectivity index (χ2n) is 5.83. The number of ether oxygens (including phenoxy) is 3. The molecule has 3 rings (SSSR count). The van der Waals surface area contributed by atoms with Crippen molar-refractivity contribution < 1.29 is 23.8 Å². The summed E-state index contributed by atoms with van der Waals surface area (Å²) in [4.78, 5) is 28.9. The van der Waals surface area contributed by atoms with E-state index in [1.54, 1.807) is 36.5 Å². The lowest BCUT2D eigenvalue weighted by Gasteiger charge is -2.14. The molecule has 0 N–H and O–H groups in total. The fourth-order valence-electron chi connectivity index (χ4n) is 2.95. The van der Waals surface area contributed by atoms with E-state index in [2.05, 4.69) is 4.99 Å². The van der Waals surface area contributed by atoms with Crippen molar-refractivity contribution in [3.8, 4) is 17.2 Å². The van der Waals surface area contributed by atoms with E-state index in [4.69, 9.17) is 14.2 Å². The minimum atomic E-state index is -0.315. The van der Waals surface area contributed by atoms with Crippen LogP contribution in [0.15, 0.2) is 47.6 Å². The smallest absolute Gasteiger partial charge is 0.203 e. The largest absolute Gasteiger partial charge is 0.493 e. The van der Waals surface area contributed by atoms with Gasteiger partial charge in [-0.2, -0.15) is 0 Å². The first-order valence-electron chi connectivity index (χ1n) is 8.29. The Kier molecular flexibility index (Phi) is 5.35. The Morgan fingerprint density at radius 1 is 1.04 bits per heavy atom. The first-order valence-corrected chi connectivity index (χ1v) is 8.29. The molecule has 2 aromatic carbocycles. The number of nitrogens with zero attached hydrogens (tertiary/aromatic N) is 1. The van der Waals surface area contributed by atoms with Crippen molar-refractivity contribution in [1.29, 1.82) is 0 Å². The Morgan fingerprint density at radius 2 is 1.74 bits per heavy atom. The average molecular weight is 365 g/mol. The Labute approximate surface area is 157 Å². The molecule has 1 aliphatic rings. The fourth-order valence-corrected chi connectivity index (χ4v) is 2.95. The Hall–Kier alpha value is -3.41. The minimum absolute atomic E-state index is 0.298. The summed E-state index contributed by atoms with van der Waals surface area (Å²) in [5, 5.41) is 0. The Bertz CT molecular complexity index is 934. The van der Waals surface area contributed by atoms with E-state index in [1.165, 1.54) is 21.3 Å². The van der Waals surface area contributed by atoms with Crippen molar-refractivity contribution in [3.63, 3.8) is 0 Å². The predicted octanol–water partition coefficient (Wildman–Crippen LogP) is 3.46. The molecule has 0 saturated carbocycles. The third kappa shape index (κ3) is 3.46. The summed E-state index contributed by atoms with van der Waals surface area (Å²) in [5.74, 6) is 0.818. The summed E-state index contributed by atoms with van der Waals surface area (Å²) < 4.78 is 15.9. The van der Waals surface area contributed by atoms with Crippen LogP contribution in [-0.4, -0.2) is 39.1 Å². The van der Waals surface area contributed by atoms with Gasteiger partial charge in [0, 0.05) is 29.3 Å². The Balaban J connectivity index is 2.10. The van der Waals surface area contributed by atoms with Gasteiger partial charge in [0.1, 0.15) is 0 Å². The lowest BCUT2D eigenvalue weighted by molar-refractivity contribution is 0.102. The maximum absolute atomic E-state index is 13.2. The number of hydrogen-bond donors (Lipinski definition) is 0. The number of allylic oxidation sites excluding steroid dienone is 1. The van der Waals surface area contributed by atoms with Crippen molar-refractivity contribution in [2.45, 2.75) is 6.42 Å². The maximum Gasteiger partial charge on any atom is 0.203 e. The number of benzene rings is 2. The highest BCUT2D eigenvalue weighted by Crippen LogP contribution is 2.38. The Morgan fingerprint density at radius 3 is 2.26 bits per heavy atom. The fraction of sp³-hybridized carbons (Fsp3) is 0.190. The first kappa shape index (κ1) is 18.4. The summed E-state index contributed by atoms with van der Waals surface area (Å²) in [7, 11) is 4.45. The first-order chi connectivity index (χ1) is 13.1. The molecule has 0 radical (unpaired) electrons. The normalized spacial score (nSPS) is 12.5. The van der Waals surface area contributed by atoms with Gasteiger partial charge in [0.15, 0.2) is 23.6 Å². The summed E-state index contributed by atoms with van der Waals surface area (Å²) in [5.41, 5.74) is 2.60. The molecule has 1 heterocycles. The van der Waals surface area contributed by atoms with Crippen LogP contribution in [0.3, 0.4) is 0 Å². The molecule has 0 aromatic heterocycles. The number of ketones is 1. The third-order valence-electron chi connectivity index (χ3n) is 4.33. The second kappa shape index (κ2) is 7.86. The van der Waals surface area contributed by atoms with Crippen molar-refractivity contribution in [1.82, 2.24) is 0 Å². The zero-order valence-electron chi connectivity index (χ0n) is 15.3. The van der Waals surface area contributed by atoms with Gasteiger partial charge in [-0.3, -0.25) is 14.6 Å². The van der Waals surface area contributed by atoms with E-state index in [9.17, 15) is 9.59 Å². The molecule has 1 aliphatic heterocycles. The molecule has 0 unspecified atom stereocenters. The minimum Gasteiger partial charge on any atom is -0.493 e. The molecule has 0 saturated heterocycles. The highest BCUT2D eigenvalue weighted by Gasteiger charge is 2.21. The van der Waals surface area contributed by atoms with E-state index in [0.29, 0.717) is 46.6 Å². The third-order valence-corrected chi connectivity index (χ3v) is 4.33. The molecule has 0 fully saturated rings. The van der Waals surface area contributed by atoms with Crippen LogP contribution in [0.25, 0.3) is 0 Å². The zero-order chi connectivity index (χ0) is 19.4. The lowest BCUT2D eigenvalue weighted by Crippen LogP contribution is -2.09. The second-order valence-corrected chi connectivity index (χ2v) is 5.83. The molecular weight excluding hydrogens is 346 g/mol. The molecule has 2 aromatic rings. The SMILES string of the molecule is COc1cc(C(=O)c2cc(C3=NC=CC3)ccc2C=O)cc(OC)c1OC. The van der Waals surface area contributed by atoms with Gasteiger partial charge in [0.25, 0.3) is 0 Å². The monoisotopic (exact) mass is 365 g/mol. The molecule has 0 atom stereocenters. The van der Waals surface area contributed by atoms with Gasteiger partial charge in [-0.1, -0.05) is 18.2 Å². The predicted molar refractivity (Wildman–Crippen MR) is 102 cm³/mol. The van der Waals surface area contributed by atoms with Gasteiger partial charge >= 0.3 is 0 Å². The number of aliphatic imine (C=N–C) groups is 1. The van der Waals surface area contributed by atoms with E-state index in [0.717, 1.165) is 11.3 Å². The van der Waals surface area contributed by atoms with E-state index in [-0.39, 0.29) is 5.78 Å². The van der Waals surface area contributed by atoms with Crippen molar-refractivity contribution >= 4 is 17.8 Å². The van der Waals surface area contributed by atoms with Gasteiger partial charge < -0.3 is 14.2 Å². The summed E-state index contributed by atoms with van der Waals surface area (Å²) >= 11 is 0. The maximum atomic E-state index is 13.2. The van der Waals surface area contributed by atoms with Crippen molar-refractivity contribution in [2.24, 2.45) is 4.99 Å². The van der Waals surface area contributed by atoms with Crippen LogP contribution in [0.4, 0.5) is 0 Å². The highest BCUT2D eigenvalue weighted by molar-refractivity contribution is 6.15. The van der Waals surface area contributed by atoms with Gasteiger partial charge in [0.05, 0.1) is 27.0 Å².